The molecule has 44 heavy (non-hydrogen) atoms. The summed E-state index contributed by atoms with van der Waals surface area (Å²) in [5.41, 5.74) is 10.7. The Morgan fingerprint density at radius 2 is 1.18 bits per heavy atom. The highest BCUT2D eigenvalue weighted by Gasteiger charge is 2.50. The maximum Gasteiger partial charge on any atom is 0.123 e. The molecule has 1 nitrogen and oxygen atoms in total. The SMILES string of the molecule is Fc1ccc(-n2c3ccc4c(c3c3ccc5ccccc5c32)Sc2ccccc2C42c3ccccc3-c3ccccc32)cc1. The molecule has 3 heteroatoms. The molecule has 0 bridgehead atoms. The third kappa shape index (κ3) is 2.95. The van der Waals surface area contributed by atoms with Crippen LogP contribution in [-0.2, 0) is 5.41 Å². The van der Waals surface area contributed by atoms with Crippen molar-refractivity contribution in [2.45, 2.75) is 15.2 Å². The van der Waals surface area contributed by atoms with Gasteiger partial charge >= 0.3 is 0 Å². The van der Waals surface area contributed by atoms with Crippen LogP contribution in [0.4, 0.5) is 4.39 Å². The summed E-state index contributed by atoms with van der Waals surface area (Å²) in [5, 5.41) is 4.83. The standard InChI is InChI=1S/C41H24FNS/c42-26-18-20-27(21-19-26)43-36-24-23-35-40(38(36)31-22-17-25-9-1-2-10-28(25)39(31)43)44-37-16-8-7-15-34(37)41(35)32-13-5-3-11-29(32)30-12-4-6-14-33(30)41/h1-24H. The molecule has 1 spiro atoms. The van der Waals surface area contributed by atoms with Crippen LogP contribution in [0.5, 0.6) is 0 Å². The lowest BCUT2D eigenvalue weighted by atomic mass is 9.67. The fourth-order valence-corrected chi connectivity index (χ4v) is 9.38. The van der Waals surface area contributed by atoms with E-state index < -0.39 is 5.41 Å². The zero-order chi connectivity index (χ0) is 29.0. The van der Waals surface area contributed by atoms with Gasteiger partial charge in [0, 0.05) is 31.6 Å². The molecule has 2 aliphatic rings. The summed E-state index contributed by atoms with van der Waals surface area (Å²) in [6.07, 6.45) is 0. The van der Waals surface area contributed by atoms with Gasteiger partial charge in [-0.2, -0.15) is 0 Å². The molecule has 0 N–H and O–H groups in total. The Balaban J connectivity index is 1.42. The van der Waals surface area contributed by atoms with Crippen molar-refractivity contribution in [3.8, 4) is 16.8 Å². The molecule has 0 saturated carbocycles. The minimum absolute atomic E-state index is 0.232. The van der Waals surface area contributed by atoms with Crippen molar-refractivity contribution in [2.24, 2.45) is 0 Å². The zero-order valence-corrected chi connectivity index (χ0v) is 24.4. The minimum atomic E-state index is -0.431. The van der Waals surface area contributed by atoms with Gasteiger partial charge in [0.25, 0.3) is 0 Å². The van der Waals surface area contributed by atoms with Crippen molar-refractivity contribution in [2.75, 3.05) is 0 Å². The molecule has 206 valence electrons. The molecule has 8 aromatic rings. The molecular weight excluding hydrogens is 558 g/mol. The van der Waals surface area contributed by atoms with Gasteiger partial charge in [-0.1, -0.05) is 121 Å². The van der Waals surface area contributed by atoms with Crippen molar-refractivity contribution in [3.63, 3.8) is 0 Å². The Morgan fingerprint density at radius 3 is 1.95 bits per heavy atom. The largest absolute Gasteiger partial charge is 0.309 e. The van der Waals surface area contributed by atoms with E-state index in [0.29, 0.717) is 0 Å². The molecule has 0 atom stereocenters. The van der Waals surface area contributed by atoms with Crippen LogP contribution in [0.15, 0.2) is 155 Å². The van der Waals surface area contributed by atoms with Crippen LogP contribution in [0, 0.1) is 5.82 Å². The van der Waals surface area contributed by atoms with Gasteiger partial charge in [-0.25, -0.2) is 4.39 Å². The zero-order valence-electron chi connectivity index (χ0n) is 23.6. The first-order valence-corrected chi connectivity index (χ1v) is 15.8. The number of benzene rings is 7. The third-order valence-corrected chi connectivity index (χ3v) is 10.9. The maximum atomic E-state index is 14.2. The third-order valence-electron chi connectivity index (χ3n) is 9.71. The summed E-state index contributed by atoms with van der Waals surface area (Å²) >= 11 is 1.88. The smallest absolute Gasteiger partial charge is 0.123 e. The summed E-state index contributed by atoms with van der Waals surface area (Å²) in [7, 11) is 0. The van der Waals surface area contributed by atoms with E-state index >= 15 is 0 Å². The maximum absolute atomic E-state index is 14.2. The molecular formula is C41H24FNS. The number of nitrogens with zero attached hydrogens (tertiary/aromatic N) is 1. The number of hydrogen-bond acceptors (Lipinski definition) is 1. The number of aromatic nitrogens is 1. The highest BCUT2D eigenvalue weighted by molar-refractivity contribution is 7.99. The summed E-state index contributed by atoms with van der Waals surface area (Å²) < 4.78 is 16.5. The first-order valence-electron chi connectivity index (χ1n) is 15.0. The summed E-state index contributed by atoms with van der Waals surface area (Å²) in [5.74, 6) is -0.232. The molecule has 7 aromatic carbocycles. The van der Waals surface area contributed by atoms with Gasteiger partial charge in [-0.15, -0.1) is 0 Å². The van der Waals surface area contributed by atoms with E-state index in [4.69, 9.17) is 0 Å². The van der Waals surface area contributed by atoms with Crippen molar-refractivity contribution in [3.05, 3.63) is 174 Å². The lowest BCUT2D eigenvalue weighted by Crippen LogP contribution is -2.32. The second kappa shape index (κ2) is 8.72. The normalized spacial score (nSPS) is 14.1. The van der Waals surface area contributed by atoms with Gasteiger partial charge in [0.2, 0.25) is 0 Å². The Morgan fingerprint density at radius 1 is 0.523 bits per heavy atom. The van der Waals surface area contributed by atoms with E-state index in [1.54, 1.807) is 12.1 Å². The molecule has 2 heterocycles. The predicted molar refractivity (Wildman–Crippen MR) is 180 cm³/mol. The van der Waals surface area contributed by atoms with E-state index in [9.17, 15) is 4.39 Å². The van der Waals surface area contributed by atoms with Gasteiger partial charge in [-0.05, 0) is 75.2 Å². The van der Waals surface area contributed by atoms with E-state index in [2.05, 4.69) is 126 Å². The quantitative estimate of drug-likeness (QED) is 0.187. The van der Waals surface area contributed by atoms with Crippen LogP contribution in [0.3, 0.4) is 0 Å². The Hall–Kier alpha value is -5.12. The summed E-state index contributed by atoms with van der Waals surface area (Å²) in [6, 6.07) is 51.5. The summed E-state index contributed by atoms with van der Waals surface area (Å²) in [4.78, 5) is 2.57. The highest BCUT2D eigenvalue weighted by Crippen LogP contribution is 2.63. The first-order chi connectivity index (χ1) is 21.7. The van der Waals surface area contributed by atoms with Crippen LogP contribution < -0.4 is 0 Å². The van der Waals surface area contributed by atoms with Crippen LogP contribution >= 0.6 is 11.8 Å². The number of hydrogen-bond donors (Lipinski definition) is 0. The second-order valence-electron chi connectivity index (χ2n) is 11.8. The number of rotatable bonds is 1. The van der Waals surface area contributed by atoms with E-state index in [-0.39, 0.29) is 5.82 Å². The summed E-state index contributed by atoms with van der Waals surface area (Å²) in [6.45, 7) is 0. The van der Waals surface area contributed by atoms with Crippen LogP contribution in [-0.4, -0.2) is 4.57 Å². The van der Waals surface area contributed by atoms with Crippen molar-refractivity contribution < 1.29 is 4.39 Å². The fraction of sp³-hybridized carbons (Fsp3) is 0.0244. The topological polar surface area (TPSA) is 4.93 Å². The van der Waals surface area contributed by atoms with Crippen LogP contribution in [0.25, 0.3) is 49.4 Å². The van der Waals surface area contributed by atoms with Crippen molar-refractivity contribution >= 4 is 44.3 Å². The number of fused-ring (bicyclic) bond motifs is 15. The van der Waals surface area contributed by atoms with Crippen LogP contribution in [0.2, 0.25) is 0 Å². The minimum Gasteiger partial charge on any atom is -0.309 e. The van der Waals surface area contributed by atoms with E-state index in [0.717, 1.165) is 16.7 Å². The van der Waals surface area contributed by atoms with E-state index in [1.807, 2.05) is 23.9 Å². The first kappa shape index (κ1) is 24.3. The Labute approximate surface area is 258 Å². The van der Waals surface area contributed by atoms with Gasteiger partial charge < -0.3 is 4.57 Å². The van der Waals surface area contributed by atoms with Gasteiger partial charge in [-0.3, -0.25) is 0 Å². The monoisotopic (exact) mass is 581 g/mol. The van der Waals surface area contributed by atoms with Crippen molar-refractivity contribution in [1.29, 1.82) is 0 Å². The average Bonchev–Trinajstić information content (AvgIpc) is 3.57. The molecule has 1 aliphatic carbocycles. The highest BCUT2D eigenvalue weighted by atomic mass is 32.2. The molecule has 0 fully saturated rings. The van der Waals surface area contributed by atoms with Gasteiger partial charge in [0.05, 0.1) is 16.4 Å². The molecule has 0 amide bonds. The van der Waals surface area contributed by atoms with Crippen LogP contribution in [0.1, 0.15) is 22.3 Å². The molecule has 1 aromatic heterocycles. The Kier molecular flexibility index (Phi) is 4.82. The molecule has 10 rings (SSSR count). The number of halogens is 1. The molecule has 0 radical (unpaired) electrons. The Bertz CT molecular complexity index is 2440. The second-order valence-corrected chi connectivity index (χ2v) is 12.8. The van der Waals surface area contributed by atoms with Gasteiger partial charge in [0.15, 0.2) is 0 Å². The lowest BCUT2D eigenvalue weighted by molar-refractivity contribution is 0.627. The molecule has 1 aliphatic heterocycles. The average molecular weight is 582 g/mol. The predicted octanol–water partition coefficient (Wildman–Crippen LogP) is 10.9. The fourth-order valence-electron chi connectivity index (χ4n) is 8.03. The van der Waals surface area contributed by atoms with Gasteiger partial charge in [0.1, 0.15) is 5.82 Å². The molecule has 0 unspecified atom stereocenters. The molecule has 0 saturated heterocycles. The van der Waals surface area contributed by atoms with Crippen molar-refractivity contribution in [1.82, 2.24) is 4.57 Å². The van der Waals surface area contributed by atoms with E-state index in [1.165, 1.54) is 64.7 Å². The lowest BCUT2D eigenvalue weighted by Gasteiger charge is -2.40.